The van der Waals surface area contributed by atoms with E-state index in [2.05, 4.69) is 19.9 Å². The summed E-state index contributed by atoms with van der Waals surface area (Å²) in [6.07, 6.45) is 8.46. The molecule has 1 saturated carbocycles. The van der Waals surface area contributed by atoms with Crippen LogP contribution in [0.1, 0.15) is 35.1 Å². The fourth-order valence-corrected chi connectivity index (χ4v) is 1.75. The molecule has 3 rings (SSSR count). The van der Waals surface area contributed by atoms with Crippen molar-refractivity contribution in [3.8, 4) is 0 Å². The van der Waals surface area contributed by atoms with Gasteiger partial charge in [0.1, 0.15) is 5.69 Å². The molecule has 0 amide bonds. The number of hydrogen-bond donors (Lipinski definition) is 0. The third kappa shape index (κ3) is 1.62. The smallest absolute Gasteiger partial charge is 0.171 e. The van der Waals surface area contributed by atoms with Gasteiger partial charge in [-0.3, -0.25) is 4.79 Å². The molecule has 1 fully saturated rings. The van der Waals surface area contributed by atoms with Crippen molar-refractivity contribution in [2.24, 2.45) is 0 Å². The summed E-state index contributed by atoms with van der Waals surface area (Å²) in [5, 5.41) is 7.60. The Hall–Kier alpha value is -1.98. The van der Waals surface area contributed by atoms with Crippen LogP contribution in [0.3, 0.4) is 0 Å². The quantitative estimate of drug-likeness (QED) is 0.706. The highest BCUT2D eigenvalue weighted by Gasteiger charge is 2.25. The fraction of sp³-hybridized carbons (Fsp3) is 0.400. The predicted octanol–water partition coefficient (Wildman–Crippen LogP) is 0.670. The molecule has 1 aliphatic rings. The van der Waals surface area contributed by atoms with Gasteiger partial charge in [0, 0.05) is 6.04 Å². The van der Waals surface area contributed by atoms with Crippen molar-refractivity contribution in [1.82, 2.24) is 24.5 Å². The Morgan fingerprint density at radius 1 is 1.50 bits per heavy atom. The van der Waals surface area contributed by atoms with E-state index in [-0.39, 0.29) is 0 Å². The second kappa shape index (κ2) is 3.55. The van der Waals surface area contributed by atoms with Gasteiger partial charge in [0.2, 0.25) is 0 Å². The molecule has 0 atom stereocenters. The van der Waals surface area contributed by atoms with E-state index in [0.717, 1.165) is 5.69 Å². The molecule has 2 aromatic heterocycles. The SMILES string of the molecule is O=Cc1cn(Cc2cncn2C2CC2)nn1. The standard InChI is InChI=1S/C10H11N5O/c16-6-8-4-14(13-12-8)5-10-3-11-7-15(10)9-1-2-9/h3-4,6-7,9H,1-2,5H2. The van der Waals surface area contributed by atoms with Crippen molar-refractivity contribution in [3.63, 3.8) is 0 Å². The summed E-state index contributed by atoms with van der Waals surface area (Å²) in [6.45, 7) is 0.608. The van der Waals surface area contributed by atoms with Crippen molar-refractivity contribution >= 4 is 6.29 Å². The van der Waals surface area contributed by atoms with Crippen LogP contribution in [0, 0.1) is 0 Å². The van der Waals surface area contributed by atoms with Gasteiger partial charge in [0.15, 0.2) is 6.29 Å². The molecule has 82 valence electrons. The number of aldehydes is 1. The van der Waals surface area contributed by atoms with Crippen LogP contribution in [0.25, 0.3) is 0 Å². The highest BCUT2D eigenvalue weighted by Crippen LogP contribution is 2.35. The summed E-state index contributed by atoms with van der Waals surface area (Å²) in [5.74, 6) is 0. The molecule has 0 N–H and O–H groups in total. The lowest BCUT2D eigenvalue weighted by Gasteiger charge is -2.05. The molecule has 2 aromatic rings. The van der Waals surface area contributed by atoms with Gasteiger partial charge in [-0.1, -0.05) is 5.21 Å². The van der Waals surface area contributed by atoms with Gasteiger partial charge in [0.25, 0.3) is 0 Å². The van der Waals surface area contributed by atoms with Crippen LogP contribution >= 0.6 is 0 Å². The van der Waals surface area contributed by atoms with Gasteiger partial charge in [-0.25, -0.2) is 9.67 Å². The van der Waals surface area contributed by atoms with Gasteiger partial charge in [-0.15, -0.1) is 5.10 Å². The molecule has 0 spiro atoms. The van der Waals surface area contributed by atoms with E-state index in [9.17, 15) is 4.79 Å². The van der Waals surface area contributed by atoms with Crippen LogP contribution in [0.2, 0.25) is 0 Å². The first-order valence-electron chi connectivity index (χ1n) is 5.23. The summed E-state index contributed by atoms with van der Waals surface area (Å²) < 4.78 is 3.82. The molecule has 0 unspecified atom stereocenters. The van der Waals surface area contributed by atoms with Crippen molar-refractivity contribution < 1.29 is 4.79 Å². The highest BCUT2D eigenvalue weighted by molar-refractivity contribution is 5.70. The zero-order valence-corrected chi connectivity index (χ0v) is 8.65. The highest BCUT2D eigenvalue weighted by atomic mass is 16.1. The second-order valence-electron chi connectivity index (χ2n) is 3.98. The summed E-state index contributed by atoms with van der Waals surface area (Å²) in [7, 11) is 0. The topological polar surface area (TPSA) is 65.6 Å². The first-order valence-corrected chi connectivity index (χ1v) is 5.23. The molecule has 0 aromatic carbocycles. The van der Waals surface area contributed by atoms with Crippen LogP contribution in [-0.4, -0.2) is 30.8 Å². The Balaban J connectivity index is 1.82. The number of nitrogens with zero attached hydrogens (tertiary/aromatic N) is 5. The molecule has 1 aliphatic carbocycles. The van der Waals surface area contributed by atoms with Crippen molar-refractivity contribution in [2.75, 3.05) is 0 Å². The summed E-state index contributed by atoms with van der Waals surface area (Å²) in [5.41, 5.74) is 1.46. The van der Waals surface area contributed by atoms with Gasteiger partial charge in [0.05, 0.1) is 31.0 Å². The minimum Gasteiger partial charge on any atom is -0.330 e. The molecule has 0 bridgehead atoms. The number of aromatic nitrogens is 5. The van der Waals surface area contributed by atoms with Crippen molar-refractivity contribution in [1.29, 1.82) is 0 Å². The predicted molar refractivity (Wildman–Crippen MR) is 55.0 cm³/mol. The maximum absolute atomic E-state index is 10.5. The normalized spacial score (nSPS) is 15.2. The largest absolute Gasteiger partial charge is 0.330 e. The molecular formula is C10H11N5O. The van der Waals surface area contributed by atoms with E-state index in [1.807, 2.05) is 12.5 Å². The molecule has 16 heavy (non-hydrogen) atoms. The Kier molecular flexibility index (Phi) is 2.05. The molecule has 2 heterocycles. The lowest BCUT2D eigenvalue weighted by atomic mass is 10.4. The van der Waals surface area contributed by atoms with E-state index in [1.54, 1.807) is 10.9 Å². The van der Waals surface area contributed by atoms with E-state index >= 15 is 0 Å². The molecule has 6 heteroatoms. The Labute approximate surface area is 91.9 Å². The molecule has 0 aliphatic heterocycles. The van der Waals surface area contributed by atoms with E-state index in [4.69, 9.17) is 0 Å². The number of rotatable bonds is 4. The molecule has 0 radical (unpaired) electrons. The van der Waals surface area contributed by atoms with Crippen LogP contribution in [0.15, 0.2) is 18.7 Å². The van der Waals surface area contributed by atoms with Gasteiger partial charge >= 0.3 is 0 Å². The molecule has 6 nitrogen and oxygen atoms in total. The first kappa shape index (κ1) is 9.26. The third-order valence-corrected chi connectivity index (χ3v) is 2.69. The summed E-state index contributed by atoms with van der Waals surface area (Å²) >= 11 is 0. The minimum absolute atomic E-state index is 0.359. The average Bonchev–Trinajstić information content (AvgIpc) is 2.88. The molecular weight excluding hydrogens is 206 g/mol. The monoisotopic (exact) mass is 217 g/mol. The van der Waals surface area contributed by atoms with Crippen molar-refractivity contribution in [2.45, 2.75) is 25.4 Å². The van der Waals surface area contributed by atoms with Crippen LogP contribution < -0.4 is 0 Å². The maximum Gasteiger partial charge on any atom is 0.171 e. The third-order valence-electron chi connectivity index (χ3n) is 2.69. The number of hydrogen-bond acceptors (Lipinski definition) is 4. The number of imidazole rings is 1. The fourth-order valence-electron chi connectivity index (χ4n) is 1.75. The average molecular weight is 217 g/mol. The summed E-state index contributed by atoms with van der Waals surface area (Å²) in [4.78, 5) is 14.6. The first-order chi connectivity index (χ1) is 7.86. The zero-order chi connectivity index (χ0) is 11.0. The lowest BCUT2D eigenvalue weighted by Crippen LogP contribution is -2.06. The van der Waals surface area contributed by atoms with Crippen LogP contribution in [0.5, 0.6) is 0 Å². The van der Waals surface area contributed by atoms with Gasteiger partial charge < -0.3 is 4.57 Å². The Morgan fingerprint density at radius 3 is 3.06 bits per heavy atom. The van der Waals surface area contributed by atoms with Crippen molar-refractivity contribution in [3.05, 3.63) is 30.1 Å². The maximum atomic E-state index is 10.5. The second-order valence-corrected chi connectivity index (χ2v) is 3.98. The Bertz CT molecular complexity index is 511. The van der Waals surface area contributed by atoms with Crippen LogP contribution in [0.4, 0.5) is 0 Å². The van der Waals surface area contributed by atoms with Gasteiger partial charge in [-0.2, -0.15) is 0 Å². The van der Waals surface area contributed by atoms with Crippen LogP contribution in [-0.2, 0) is 6.54 Å². The lowest BCUT2D eigenvalue weighted by molar-refractivity contribution is 0.111. The Morgan fingerprint density at radius 2 is 2.38 bits per heavy atom. The number of carbonyl (C=O) groups excluding carboxylic acids is 1. The van der Waals surface area contributed by atoms with E-state index in [1.165, 1.54) is 12.8 Å². The summed E-state index contributed by atoms with van der Waals surface area (Å²) in [6, 6.07) is 0.603. The minimum atomic E-state index is 0.359. The zero-order valence-electron chi connectivity index (χ0n) is 8.65. The molecule has 0 saturated heterocycles. The number of carbonyl (C=O) groups is 1. The van der Waals surface area contributed by atoms with Gasteiger partial charge in [-0.05, 0) is 12.8 Å². The van der Waals surface area contributed by atoms with E-state index in [0.29, 0.717) is 24.6 Å². The van der Waals surface area contributed by atoms with E-state index < -0.39 is 0 Å².